The van der Waals surface area contributed by atoms with Gasteiger partial charge in [0.15, 0.2) is 0 Å². The van der Waals surface area contributed by atoms with Gasteiger partial charge in [0.2, 0.25) is 0 Å². The van der Waals surface area contributed by atoms with E-state index in [2.05, 4.69) is 158 Å². The molecule has 0 atom stereocenters. The van der Waals surface area contributed by atoms with Gasteiger partial charge in [-0.05, 0) is 0 Å². The first-order valence-electron chi connectivity index (χ1n) is 17.0. The van der Waals surface area contributed by atoms with E-state index in [1.807, 2.05) is 13.3 Å². The third-order valence-electron chi connectivity index (χ3n) is 9.24. The van der Waals surface area contributed by atoms with Crippen LogP contribution in [0.25, 0.3) is 0 Å². The minimum Gasteiger partial charge on any atom is -0.147 e. The molecule has 0 aliphatic heterocycles. The van der Waals surface area contributed by atoms with E-state index in [1.54, 1.807) is 22.3 Å². The van der Waals surface area contributed by atoms with E-state index in [0.717, 1.165) is 0 Å². The van der Waals surface area contributed by atoms with E-state index >= 15 is 0 Å². The van der Waals surface area contributed by atoms with Gasteiger partial charge in [-0.1, -0.05) is 0 Å². The molecule has 4 rings (SSSR count). The van der Waals surface area contributed by atoms with Gasteiger partial charge in [-0.15, -0.1) is 24.8 Å². The van der Waals surface area contributed by atoms with E-state index in [0.29, 0.717) is 21.7 Å². The maximum atomic E-state index is 2.61. The molecular formula is C40H66Cl2Hf2Si2. The summed E-state index contributed by atoms with van der Waals surface area (Å²) in [6, 6.07) is 0. The second-order valence-corrected chi connectivity index (χ2v) is 66.2. The number of rotatable bonds is 4. The van der Waals surface area contributed by atoms with Crippen LogP contribution in [-0.2, 0) is 40.1 Å². The molecule has 46 heavy (non-hydrogen) atoms. The van der Waals surface area contributed by atoms with Crippen LogP contribution in [0, 0.1) is 21.7 Å². The molecule has 0 spiro atoms. The molecule has 256 valence electrons. The van der Waals surface area contributed by atoms with E-state index < -0.39 is 40.1 Å². The van der Waals surface area contributed by atoms with Gasteiger partial charge in [-0.3, -0.25) is 0 Å². The van der Waals surface area contributed by atoms with Crippen molar-refractivity contribution >= 4 is 35.8 Å². The van der Waals surface area contributed by atoms with Gasteiger partial charge in [0, 0.05) is 0 Å². The van der Waals surface area contributed by atoms with Crippen molar-refractivity contribution in [3.8, 4) is 0 Å². The Hall–Kier alpha value is 0.674. The Kier molecular flexibility index (Phi) is 16.8. The van der Waals surface area contributed by atoms with Gasteiger partial charge in [0.25, 0.3) is 0 Å². The second-order valence-electron chi connectivity index (χ2n) is 17.9. The van der Waals surface area contributed by atoms with Crippen molar-refractivity contribution in [1.29, 1.82) is 0 Å². The average molecular weight is 1030 g/mol. The molecule has 0 saturated heterocycles. The van der Waals surface area contributed by atoms with Crippen molar-refractivity contribution in [2.45, 2.75) is 135 Å². The third-order valence-corrected chi connectivity index (χ3v) is 57.5. The largest absolute Gasteiger partial charge is 0.147 e. The molecule has 4 aliphatic carbocycles. The monoisotopic (exact) mass is 1030 g/mol. The Labute approximate surface area is 313 Å². The van der Waals surface area contributed by atoms with Crippen molar-refractivity contribution < 1.29 is 40.1 Å². The normalized spacial score (nSPS) is 17.9. The smallest absolute Gasteiger partial charge is 0.147 e. The summed E-state index contributed by atoms with van der Waals surface area (Å²) < 4.78 is 7.51. The van der Waals surface area contributed by atoms with Crippen LogP contribution in [0.3, 0.4) is 0 Å². The van der Waals surface area contributed by atoms with Gasteiger partial charge >= 0.3 is 292 Å². The number of halogens is 2. The van der Waals surface area contributed by atoms with Crippen LogP contribution in [0.5, 0.6) is 0 Å². The van der Waals surface area contributed by atoms with Crippen molar-refractivity contribution in [1.82, 2.24) is 0 Å². The molecule has 0 nitrogen and oxygen atoms in total. The van der Waals surface area contributed by atoms with Crippen LogP contribution >= 0.6 is 24.8 Å². The molecule has 6 heteroatoms. The number of hydrogen-bond donors (Lipinski definition) is 0. The average Bonchev–Trinajstić information content (AvgIpc) is 3.64. The quantitative estimate of drug-likeness (QED) is 0.246. The van der Waals surface area contributed by atoms with E-state index in [4.69, 9.17) is 0 Å². The Morgan fingerprint density at radius 3 is 0.674 bits per heavy atom. The van der Waals surface area contributed by atoms with E-state index in [1.165, 1.54) is 25.7 Å². The Balaban J connectivity index is 0.000000441. The van der Waals surface area contributed by atoms with Crippen LogP contribution in [0.2, 0.25) is 26.2 Å². The molecule has 0 saturated carbocycles. The molecule has 0 unspecified atom stereocenters. The van der Waals surface area contributed by atoms with E-state index in [-0.39, 0.29) is 35.8 Å². The predicted molar refractivity (Wildman–Crippen MR) is 210 cm³/mol. The zero-order chi connectivity index (χ0) is 33.4. The first kappa shape index (κ1) is 44.7. The summed E-state index contributed by atoms with van der Waals surface area (Å²) in [5.41, 5.74) is 7.23. The minimum atomic E-state index is -1.78. The van der Waals surface area contributed by atoms with Crippen LogP contribution in [0.15, 0.2) is 84.2 Å². The predicted octanol–water partition coefficient (Wildman–Crippen LogP) is 13.6. The molecule has 0 bridgehead atoms. The van der Waals surface area contributed by atoms with Crippen molar-refractivity contribution in [2.24, 2.45) is 21.7 Å². The summed E-state index contributed by atoms with van der Waals surface area (Å²) in [5, 5.41) is 0. The van der Waals surface area contributed by atoms with Gasteiger partial charge in [-0.2, -0.15) is 0 Å². The van der Waals surface area contributed by atoms with Gasteiger partial charge in [0.1, 0.15) is 0 Å². The SMILES string of the molecule is C[Si](C)=[Hf]([C]1=CC(C(C)(C)C)=CC1)[C]1=CC(C(C)(C)C)=CC1.C[Si](C)=[Hf]([C]1=CC(C(C)(C)C)=CC1)[C]1=CC(C(C)(C)C)=CC1.Cl.Cl. The van der Waals surface area contributed by atoms with Crippen molar-refractivity contribution in [3.63, 3.8) is 0 Å². The van der Waals surface area contributed by atoms with Crippen molar-refractivity contribution in [3.05, 3.63) is 84.2 Å². The third kappa shape index (κ3) is 11.9. The number of allylic oxidation sites excluding steroid dienone is 16. The Bertz CT molecular complexity index is 1270. The number of hydrogen-bond acceptors (Lipinski definition) is 0. The molecule has 0 aromatic heterocycles. The molecule has 0 fully saturated rings. The van der Waals surface area contributed by atoms with Gasteiger partial charge in [-0.25, -0.2) is 0 Å². The summed E-state index contributed by atoms with van der Waals surface area (Å²) in [4.78, 5) is 0. The topological polar surface area (TPSA) is 0 Å². The second kappa shape index (κ2) is 17.3. The molecule has 0 radical (unpaired) electrons. The molecule has 0 N–H and O–H groups in total. The minimum absolute atomic E-state index is 0. The molecule has 0 heterocycles. The summed E-state index contributed by atoms with van der Waals surface area (Å²) in [5.74, 6) is 0. The maximum Gasteiger partial charge on any atom is -0.147 e. The first-order chi connectivity index (χ1) is 20.0. The summed E-state index contributed by atoms with van der Waals surface area (Å²) in [6.45, 7) is 38.5. The van der Waals surface area contributed by atoms with Crippen LogP contribution < -0.4 is 0 Å². The summed E-state index contributed by atoms with van der Waals surface area (Å²) >= 11 is -3.55. The van der Waals surface area contributed by atoms with Crippen molar-refractivity contribution in [2.75, 3.05) is 0 Å². The van der Waals surface area contributed by atoms with Crippen LogP contribution in [-0.4, -0.2) is 11.0 Å². The maximum absolute atomic E-state index is 2.61. The molecule has 0 aromatic rings. The van der Waals surface area contributed by atoms with Crippen LogP contribution in [0.4, 0.5) is 0 Å². The molecule has 0 amide bonds. The molecule has 4 aliphatic rings. The Morgan fingerprint density at radius 2 is 0.565 bits per heavy atom. The molecular weight excluding hydrogens is 964 g/mol. The van der Waals surface area contributed by atoms with Gasteiger partial charge in [0.05, 0.1) is 0 Å². The zero-order valence-corrected chi connectivity index (χ0v) is 43.1. The summed E-state index contributed by atoms with van der Waals surface area (Å²) in [6.07, 6.45) is 25.5. The van der Waals surface area contributed by atoms with Gasteiger partial charge < -0.3 is 0 Å². The fourth-order valence-corrected chi connectivity index (χ4v) is 54.2. The summed E-state index contributed by atoms with van der Waals surface area (Å²) in [7, 11) is 0. The fourth-order valence-electron chi connectivity index (χ4n) is 6.59. The fraction of sp³-hybridized carbons (Fsp3) is 0.600. The Morgan fingerprint density at radius 1 is 0.391 bits per heavy atom. The molecule has 0 aromatic carbocycles. The van der Waals surface area contributed by atoms with E-state index in [9.17, 15) is 0 Å². The first-order valence-corrected chi connectivity index (χ1v) is 40.0. The van der Waals surface area contributed by atoms with Crippen LogP contribution in [0.1, 0.15) is 109 Å². The zero-order valence-electron chi connectivity index (χ0n) is 32.3. The standard InChI is InChI=1S/4C9H13.2C2H6Si.2ClH.2Hf/c4*1-9(2,3)8-6-4-5-7-8;2*1-3-2;;;;/h4*6-7H,4H2,1-3H3;2*1-2H3;2*1H;;.